The lowest BCUT2D eigenvalue weighted by Crippen LogP contribution is -2.41. The van der Waals surface area contributed by atoms with Crippen LogP contribution in [0.5, 0.6) is 0 Å². The van der Waals surface area contributed by atoms with Crippen molar-refractivity contribution < 1.29 is 9.59 Å². The first-order chi connectivity index (χ1) is 14.9. The van der Waals surface area contributed by atoms with Crippen LogP contribution in [0.4, 0.5) is 10.5 Å². The Morgan fingerprint density at radius 2 is 1.97 bits per heavy atom. The number of amides is 3. The molecule has 1 aliphatic rings. The Balaban J connectivity index is 1.57. The number of fused-ring (bicyclic) bond motifs is 1. The SMILES string of the molecule is CC(C)NNC(=O)c1cnc2nc(-c3cc(NC(=O)N4CCCC4)ccc3Cl)[nH]c2c1. The average Bonchev–Trinajstić information content (AvgIpc) is 3.42. The number of hydrogen-bond donors (Lipinski definition) is 4. The third kappa shape index (κ3) is 4.78. The number of carbonyl (C=O) groups is 2. The highest BCUT2D eigenvalue weighted by Gasteiger charge is 2.19. The van der Waals surface area contributed by atoms with Gasteiger partial charge in [-0.15, -0.1) is 0 Å². The third-order valence-corrected chi connectivity index (χ3v) is 5.27. The highest BCUT2D eigenvalue weighted by molar-refractivity contribution is 6.33. The van der Waals surface area contributed by atoms with Crippen LogP contribution in [0.1, 0.15) is 37.0 Å². The molecule has 2 aromatic heterocycles. The molecule has 3 amide bonds. The fraction of sp³-hybridized carbons (Fsp3) is 0.333. The molecular weight excluding hydrogens is 418 g/mol. The van der Waals surface area contributed by atoms with E-state index in [1.54, 1.807) is 29.2 Å². The molecule has 0 bridgehead atoms. The van der Waals surface area contributed by atoms with Crippen molar-refractivity contribution in [3.8, 4) is 11.4 Å². The van der Waals surface area contributed by atoms with Crippen LogP contribution < -0.4 is 16.2 Å². The van der Waals surface area contributed by atoms with Crippen LogP contribution in [0.25, 0.3) is 22.6 Å². The second-order valence-corrected chi connectivity index (χ2v) is 8.16. The summed E-state index contributed by atoms with van der Waals surface area (Å²) >= 11 is 6.40. The molecule has 10 heteroatoms. The number of imidazole rings is 1. The van der Waals surface area contributed by atoms with Gasteiger partial charge in [0.1, 0.15) is 5.82 Å². The zero-order chi connectivity index (χ0) is 22.0. The maximum Gasteiger partial charge on any atom is 0.321 e. The summed E-state index contributed by atoms with van der Waals surface area (Å²) < 4.78 is 0. The number of nitrogens with one attached hydrogen (secondary N) is 4. The topological polar surface area (TPSA) is 115 Å². The Morgan fingerprint density at radius 1 is 1.19 bits per heavy atom. The largest absolute Gasteiger partial charge is 0.337 e. The summed E-state index contributed by atoms with van der Waals surface area (Å²) in [7, 11) is 0. The maximum absolute atomic E-state index is 12.4. The van der Waals surface area contributed by atoms with Crippen LogP contribution in [0.15, 0.2) is 30.5 Å². The first-order valence-electron chi connectivity index (χ1n) is 10.2. The molecule has 0 saturated carbocycles. The number of halogens is 1. The van der Waals surface area contributed by atoms with E-state index in [9.17, 15) is 9.59 Å². The fourth-order valence-electron chi connectivity index (χ4n) is 3.34. The molecular formula is C21H24ClN7O2. The molecule has 9 nitrogen and oxygen atoms in total. The molecule has 0 radical (unpaired) electrons. The lowest BCUT2D eigenvalue weighted by molar-refractivity contribution is 0.0927. The molecule has 3 heterocycles. The number of rotatable bonds is 5. The fourth-order valence-corrected chi connectivity index (χ4v) is 3.55. The van der Waals surface area contributed by atoms with Crippen molar-refractivity contribution in [1.82, 2.24) is 30.7 Å². The van der Waals surface area contributed by atoms with Gasteiger partial charge in [0.15, 0.2) is 5.65 Å². The van der Waals surface area contributed by atoms with Crippen molar-refractivity contribution >= 4 is 40.4 Å². The molecule has 1 aliphatic heterocycles. The number of pyridine rings is 1. The Hall–Kier alpha value is -3.17. The minimum atomic E-state index is -0.288. The highest BCUT2D eigenvalue weighted by Crippen LogP contribution is 2.30. The molecule has 1 aromatic carbocycles. The minimum absolute atomic E-state index is 0.111. The van der Waals surface area contributed by atoms with E-state index in [0.29, 0.717) is 38.8 Å². The van der Waals surface area contributed by atoms with E-state index in [4.69, 9.17) is 11.6 Å². The summed E-state index contributed by atoms with van der Waals surface area (Å²) in [6.45, 7) is 5.39. The van der Waals surface area contributed by atoms with Gasteiger partial charge in [-0.3, -0.25) is 10.2 Å². The molecule has 4 N–H and O–H groups in total. The number of benzene rings is 1. The van der Waals surface area contributed by atoms with Crippen molar-refractivity contribution in [2.24, 2.45) is 0 Å². The number of likely N-dealkylation sites (tertiary alicyclic amines) is 1. The number of hydrazine groups is 1. The number of urea groups is 1. The molecule has 1 fully saturated rings. The maximum atomic E-state index is 12.4. The number of aromatic nitrogens is 3. The Bertz CT molecular complexity index is 1120. The summed E-state index contributed by atoms with van der Waals surface area (Å²) in [6, 6.07) is 6.91. The van der Waals surface area contributed by atoms with Crippen molar-refractivity contribution in [3.05, 3.63) is 41.0 Å². The molecule has 31 heavy (non-hydrogen) atoms. The van der Waals surface area contributed by atoms with Gasteiger partial charge in [0, 0.05) is 36.6 Å². The predicted molar refractivity (Wildman–Crippen MR) is 120 cm³/mol. The standard InChI is InChI=1S/C21H24ClN7O2/c1-12(2)27-28-20(30)13-9-17-19(23-11-13)26-18(25-17)15-10-14(5-6-16(15)22)24-21(31)29-7-3-4-8-29/h5-6,9-12,27H,3-4,7-8H2,1-2H3,(H,24,31)(H,28,30)(H,23,25,26). The highest BCUT2D eigenvalue weighted by atomic mass is 35.5. The van der Waals surface area contributed by atoms with Gasteiger partial charge in [-0.05, 0) is 51.0 Å². The molecule has 0 unspecified atom stereocenters. The van der Waals surface area contributed by atoms with E-state index in [2.05, 4.69) is 31.1 Å². The Morgan fingerprint density at radius 3 is 2.71 bits per heavy atom. The zero-order valence-electron chi connectivity index (χ0n) is 17.3. The van der Waals surface area contributed by atoms with Gasteiger partial charge >= 0.3 is 6.03 Å². The van der Waals surface area contributed by atoms with Crippen molar-refractivity contribution in [2.75, 3.05) is 18.4 Å². The minimum Gasteiger partial charge on any atom is -0.337 e. The van der Waals surface area contributed by atoms with Gasteiger partial charge in [-0.2, -0.15) is 0 Å². The van der Waals surface area contributed by atoms with Crippen LogP contribution in [-0.2, 0) is 0 Å². The van der Waals surface area contributed by atoms with Gasteiger partial charge in [0.05, 0.1) is 16.1 Å². The van der Waals surface area contributed by atoms with E-state index >= 15 is 0 Å². The normalized spacial score (nSPS) is 13.7. The quantitative estimate of drug-likeness (QED) is 0.452. The van der Waals surface area contributed by atoms with E-state index in [0.717, 1.165) is 25.9 Å². The van der Waals surface area contributed by atoms with Crippen LogP contribution in [-0.4, -0.2) is 50.9 Å². The van der Waals surface area contributed by atoms with E-state index in [-0.39, 0.29) is 18.0 Å². The summed E-state index contributed by atoms with van der Waals surface area (Å²) in [5.41, 5.74) is 8.22. The zero-order valence-corrected chi connectivity index (χ0v) is 18.1. The molecule has 3 aromatic rings. The van der Waals surface area contributed by atoms with Gasteiger partial charge in [0.25, 0.3) is 5.91 Å². The lowest BCUT2D eigenvalue weighted by atomic mass is 10.2. The van der Waals surface area contributed by atoms with Gasteiger partial charge < -0.3 is 15.2 Å². The number of carbonyl (C=O) groups excluding carboxylic acids is 2. The second-order valence-electron chi connectivity index (χ2n) is 7.75. The van der Waals surface area contributed by atoms with E-state index in [1.165, 1.54) is 6.20 Å². The summed E-state index contributed by atoms with van der Waals surface area (Å²) in [5.74, 6) is 0.214. The smallest absolute Gasteiger partial charge is 0.321 e. The van der Waals surface area contributed by atoms with Crippen LogP contribution in [0.2, 0.25) is 5.02 Å². The molecule has 1 saturated heterocycles. The lowest BCUT2D eigenvalue weighted by Gasteiger charge is -2.16. The molecule has 0 spiro atoms. The van der Waals surface area contributed by atoms with E-state index < -0.39 is 0 Å². The van der Waals surface area contributed by atoms with Crippen molar-refractivity contribution in [1.29, 1.82) is 0 Å². The number of H-pyrrole nitrogens is 1. The number of anilines is 1. The number of nitrogens with zero attached hydrogens (tertiary/aromatic N) is 3. The van der Waals surface area contributed by atoms with Gasteiger partial charge in [-0.1, -0.05) is 11.6 Å². The average molecular weight is 442 g/mol. The number of hydrogen-bond acceptors (Lipinski definition) is 5. The molecule has 162 valence electrons. The van der Waals surface area contributed by atoms with Crippen LogP contribution in [0, 0.1) is 0 Å². The van der Waals surface area contributed by atoms with Crippen LogP contribution in [0.3, 0.4) is 0 Å². The Labute approximate surface area is 184 Å². The Kier molecular flexibility index (Phi) is 6.06. The summed E-state index contributed by atoms with van der Waals surface area (Å²) in [4.78, 5) is 38.4. The van der Waals surface area contributed by atoms with E-state index in [1.807, 2.05) is 13.8 Å². The van der Waals surface area contributed by atoms with Crippen molar-refractivity contribution in [3.63, 3.8) is 0 Å². The van der Waals surface area contributed by atoms with Crippen molar-refractivity contribution in [2.45, 2.75) is 32.7 Å². The van der Waals surface area contributed by atoms with Gasteiger partial charge in [-0.25, -0.2) is 20.2 Å². The molecule has 4 rings (SSSR count). The first-order valence-corrected chi connectivity index (χ1v) is 10.6. The molecule has 0 atom stereocenters. The van der Waals surface area contributed by atoms with Crippen LogP contribution >= 0.6 is 11.6 Å². The first kappa shape index (κ1) is 21.1. The molecule has 0 aliphatic carbocycles. The summed E-state index contributed by atoms with van der Waals surface area (Å²) in [6.07, 6.45) is 3.52. The monoisotopic (exact) mass is 441 g/mol. The summed E-state index contributed by atoms with van der Waals surface area (Å²) in [5, 5.41) is 3.40. The predicted octanol–water partition coefficient (Wildman–Crippen LogP) is 3.55. The second kappa shape index (κ2) is 8.91. The number of aromatic amines is 1. The van der Waals surface area contributed by atoms with Gasteiger partial charge in [0.2, 0.25) is 0 Å². The third-order valence-electron chi connectivity index (χ3n) is 4.94.